The molecule has 0 atom stereocenters. The average molecular weight is 348 g/mol. The minimum atomic E-state index is -0.363. The largest absolute Gasteiger partial charge is 0.493 e. The van der Waals surface area contributed by atoms with Gasteiger partial charge in [0.2, 0.25) is 17.6 Å². The van der Waals surface area contributed by atoms with Crippen LogP contribution < -0.4 is 24.8 Å². The monoisotopic (exact) mass is 348 g/mol. The van der Waals surface area contributed by atoms with Gasteiger partial charge < -0.3 is 24.8 Å². The molecule has 0 aromatic heterocycles. The summed E-state index contributed by atoms with van der Waals surface area (Å²) in [6, 6.07) is 3.52. The molecule has 0 unspecified atom stereocenters. The molecule has 0 bridgehead atoms. The molecule has 1 aliphatic rings. The second-order valence-corrected chi connectivity index (χ2v) is 6.60. The molecule has 0 fully saturated rings. The van der Waals surface area contributed by atoms with Gasteiger partial charge in [-0.2, -0.15) is 0 Å². The highest BCUT2D eigenvalue weighted by molar-refractivity contribution is 5.94. The normalized spacial score (nSPS) is 13.4. The van der Waals surface area contributed by atoms with Gasteiger partial charge in [0.1, 0.15) is 13.2 Å². The third kappa shape index (κ3) is 5.70. The molecule has 0 saturated carbocycles. The number of hydrogen-bond donors (Lipinski definition) is 2. The van der Waals surface area contributed by atoms with E-state index in [1.165, 1.54) is 6.08 Å². The Kier molecular flexibility index (Phi) is 5.90. The van der Waals surface area contributed by atoms with Gasteiger partial charge in [0.25, 0.3) is 0 Å². The number of carbonyl (C=O) groups is 2. The van der Waals surface area contributed by atoms with Crippen LogP contribution in [-0.4, -0.2) is 44.2 Å². The zero-order chi connectivity index (χ0) is 18.4. The fraction of sp³-hybridized carbons (Fsp3) is 0.444. The summed E-state index contributed by atoms with van der Waals surface area (Å²) in [6.45, 7) is 6.49. The molecule has 1 aromatic carbocycles. The quantitative estimate of drug-likeness (QED) is 0.788. The van der Waals surface area contributed by atoms with Crippen molar-refractivity contribution >= 4 is 17.9 Å². The first kappa shape index (κ1) is 18.6. The summed E-state index contributed by atoms with van der Waals surface area (Å²) in [5.74, 6) is 1.08. The summed E-state index contributed by atoms with van der Waals surface area (Å²) in [7, 11) is 1.54. The maximum absolute atomic E-state index is 11.9. The van der Waals surface area contributed by atoms with E-state index in [0.29, 0.717) is 30.5 Å². The number of ether oxygens (including phenoxy) is 3. The molecule has 2 amide bonds. The Morgan fingerprint density at radius 1 is 1.24 bits per heavy atom. The fourth-order valence-corrected chi connectivity index (χ4v) is 2.25. The first-order chi connectivity index (χ1) is 11.8. The van der Waals surface area contributed by atoms with Crippen LogP contribution in [-0.2, 0) is 9.59 Å². The van der Waals surface area contributed by atoms with Crippen molar-refractivity contribution in [3.05, 3.63) is 23.8 Å². The number of nitrogens with one attached hydrogen (secondary N) is 2. The lowest BCUT2D eigenvalue weighted by molar-refractivity contribution is -0.124. The predicted molar refractivity (Wildman–Crippen MR) is 93.9 cm³/mol. The Bertz CT molecular complexity index is 660. The van der Waals surface area contributed by atoms with Gasteiger partial charge in [-0.25, -0.2) is 0 Å². The lowest BCUT2D eigenvalue weighted by Gasteiger charge is -2.21. The first-order valence-electron chi connectivity index (χ1n) is 8.03. The van der Waals surface area contributed by atoms with Crippen LogP contribution >= 0.6 is 0 Å². The molecular weight excluding hydrogens is 324 g/mol. The van der Waals surface area contributed by atoms with E-state index in [4.69, 9.17) is 14.2 Å². The van der Waals surface area contributed by atoms with Gasteiger partial charge in [0, 0.05) is 11.6 Å². The number of hydrogen-bond acceptors (Lipinski definition) is 5. The molecular formula is C18H24N2O5. The van der Waals surface area contributed by atoms with Crippen molar-refractivity contribution < 1.29 is 23.8 Å². The highest BCUT2D eigenvalue weighted by atomic mass is 16.6. The number of amides is 2. The molecule has 0 aliphatic carbocycles. The van der Waals surface area contributed by atoms with E-state index in [-0.39, 0.29) is 23.9 Å². The standard InChI is InChI=1S/C18H24N2O5/c1-18(2,3)20-16(22)11-19-15(21)6-5-12-9-13(23-4)17-14(10-12)24-7-8-25-17/h5-6,9-10H,7-8,11H2,1-4H3,(H,19,21)(H,20,22)/b6-5+. The summed E-state index contributed by atoms with van der Waals surface area (Å²) in [5, 5.41) is 5.31. The van der Waals surface area contributed by atoms with E-state index in [1.807, 2.05) is 20.8 Å². The molecule has 1 heterocycles. The lowest BCUT2D eigenvalue weighted by Crippen LogP contribution is -2.45. The van der Waals surface area contributed by atoms with E-state index in [9.17, 15) is 9.59 Å². The van der Waals surface area contributed by atoms with Crippen molar-refractivity contribution in [1.82, 2.24) is 10.6 Å². The summed E-state index contributed by atoms with van der Waals surface area (Å²) >= 11 is 0. The molecule has 1 aliphatic heterocycles. The SMILES string of the molecule is COc1cc(/C=C/C(=O)NCC(=O)NC(C)(C)C)cc2c1OCCO2. The van der Waals surface area contributed by atoms with Crippen LogP contribution in [0.2, 0.25) is 0 Å². The maximum Gasteiger partial charge on any atom is 0.244 e. The molecule has 1 aromatic rings. The van der Waals surface area contributed by atoms with Crippen molar-refractivity contribution in [3.63, 3.8) is 0 Å². The Morgan fingerprint density at radius 3 is 2.64 bits per heavy atom. The Morgan fingerprint density at radius 2 is 1.96 bits per heavy atom. The van der Waals surface area contributed by atoms with Gasteiger partial charge in [0.15, 0.2) is 11.5 Å². The van der Waals surface area contributed by atoms with E-state index >= 15 is 0 Å². The van der Waals surface area contributed by atoms with Crippen molar-refractivity contribution in [2.24, 2.45) is 0 Å². The molecule has 0 radical (unpaired) electrons. The van der Waals surface area contributed by atoms with Crippen molar-refractivity contribution in [2.75, 3.05) is 26.9 Å². The van der Waals surface area contributed by atoms with E-state index in [2.05, 4.69) is 10.6 Å². The third-order valence-electron chi connectivity index (χ3n) is 3.22. The third-order valence-corrected chi connectivity index (χ3v) is 3.22. The van der Waals surface area contributed by atoms with Gasteiger partial charge in [-0.3, -0.25) is 9.59 Å². The molecule has 0 saturated heterocycles. The number of benzene rings is 1. The smallest absolute Gasteiger partial charge is 0.244 e. The van der Waals surface area contributed by atoms with E-state index < -0.39 is 0 Å². The van der Waals surface area contributed by atoms with Crippen LogP contribution in [0.15, 0.2) is 18.2 Å². The van der Waals surface area contributed by atoms with Gasteiger partial charge in [-0.15, -0.1) is 0 Å². The van der Waals surface area contributed by atoms with Crippen molar-refractivity contribution in [1.29, 1.82) is 0 Å². The summed E-state index contributed by atoms with van der Waals surface area (Å²) in [6.07, 6.45) is 2.98. The molecule has 25 heavy (non-hydrogen) atoms. The van der Waals surface area contributed by atoms with Crippen LogP contribution in [0.25, 0.3) is 6.08 Å². The molecule has 7 nitrogen and oxygen atoms in total. The Hall–Kier alpha value is -2.70. The topological polar surface area (TPSA) is 85.9 Å². The van der Waals surface area contributed by atoms with E-state index in [0.717, 1.165) is 5.56 Å². The van der Waals surface area contributed by atoms with Crippen molar-refractivity contribution in [3.8, 4) is 17.2 Å². The highest BCUT2D eigenvalue weighted by Gasteiger charge is 2.18. The molecule has 2 N–H and O–H groups in total. The molecule has 0 spiro atoms. The first-order valence-corrected chi connectivity index (χ1v) is 8.03. The van der Waals surface area contributed by atoms with Crippen LogP contribution in [0.1, 0.15) is 26.3 Å². The summed E-state index contributed by atoms with van der Waals surface area (Å²) < 4.78 is 16.4. The second kappa shape index (κ2) is 7.92. The van der Waals surface area contributed by atoms with Crippen LogP contribution in [0.3, 0.4) is 0 Å². The maximum atomic E-state index is 11.9. The zero-order valence-electron chi connectivity index (χ0n) is 15.0. The predicted octanol–water partition coefficient (Wildman–Crippen LogP) is 1.51. The summed E-state index contributed by atoms with van der Waals surface area (Å²) in [5.41, 5.74) is 0.398. The van der Waals surface area contributed by atoms with E-state index in [1.54, 1.807) is 25.3 Å². The lowest BCUT2D eigenvalue weighted by atomic mass is 10.1. The van der Waals surface area contributed by atoms with Crippen molar-refractivity contribution in [2.45, 2.75) is 26.3 Å². The molecule has 2 rings (SSSR count). The number of rotatable bonds is 5. The number of carbonyl (C=O) groups excluding carboxylic acids is 2. The minimum Gasteiger partial charge on any atom is -0.493 e. The Balaban J connectivity index is 1.97. The second-order valence-electron chi connectivity index (χ2n) is 6.60. The average Bonchev–Trinajstić information content (AvgIpc) is 2.55. The van der Waals surface area contributed by atoms with Gasteiger partial charge in [-0.05, 0) is 44.5 Å². The van der Waals surface area contributed by atoms with Gasteiger partial charge >= 0.3 is 0 Å². The Labute approximate surface area is 147 Å². The number of methoxy groups -OCH3 is 1. The van der Waals surface area contributed by atoms with Crippen LogP contribution in [0, 0.1) is 0 Å². The fourth-order valence-electron chi connectivity index (χ4n) is 2.25. The van der Waals surface area contributed by atoms with Crippen LogP contribution in [0.4, 0.5) is 0 Å². The van der Waals surface area contributed by atoms with Crippen LogP contribution in [0.5, 0.6) is 17.2 Å². The molecule has 7 heteroatoms. The minimum absolute atomic E-state index is 0.0785. The zero-order valence-corrected chi connectivity index (χ0v) is 15.0. The highest BCUT2D eigenvalue weighted by Crippen LogP contribution is 2.40. The number of fused-ring (bicyclic) bond motifs is 1. The summed E-state index contributed by atoms with van der Waals surface area (Å²) in [4.78, 5) is 23.5. The van der Waals surface area contributed by atoms with Gasteiger partial charge in [-0.1, -0.05) is 0 Å². The molecule has 136 valence electrons. The van der Waals surface area contributed by atoms with Gasteiger partial charge in [0.05, 0.1) is 13.7 Å².